The smallest absolute Gasteiger partial charge is 0.265 e. The van der Waals surface area contributed by atoms with Crippen LogP contribution in [0.15, 0.2) is 72.9 Å². The molecule has 1 heterocycles. The Kier molecular flexibility index (Phi) is 3.05. The van der Waals surface area contributed by atoms with Gasteiger partial charge < -0.3 is 0 Å². The van der Waals surface area contributed by atoms with E-state index < -0.39 is 0 Å². The van der Waals surface area contributed by atoms with Gasteiger partial charge in [0.2, 0.25) is 0 Å². The summed E-state index contributed by atoms with van der Waals surface area (Å²) in [6.07, 6.45) is 3.32. The Morgan fingerprint density at radius 3 is 1.91 bits per heavy atom. The van der Waals surface area contributed by atoms with E-state index in [0.29, 0.717) is 11.1 Å². The number of carbonyl (C=O) groups excluding carboxylic acids is 2. The van der Waals surface area contributed by atoms with Gasteiger partial charge in [-0.15, -0.1) is 0 Å². The molecule has 0 saturated carbocycles. The monoisotopic (exact) mass is 299 g/mol. The first-order valence-corrected chi connectivity index (χ1v) is 7.38. The van der Waals surface area contributed by atoms with Crippen LogP contribution < -0.4 is 0 Å². The molecule has 23 heavy (non-hydrogen) atoms. The summed E-state index contributed by atoms with van der Waals surface area (Å²) in [7, 11) is 0. The molecule has 2 amide bonds. The highest BCUT2D eigenvalue weighted by atomic mass is 16.2. The molecule has 3 aromatic rings. The average Bonchev–Trinajstić information content (AvgIpc) is 2.60. The first-order chi connectivity index (χ1) is 11.3. The normalized spacial score (nSPS) is 14.0. The van der Waals surface area contributed by atoms with Gasteiger partial charge in [0.15, 0.2) is 0 Å². The largest absolute Gasteiger partial charge is 0.268 e. The van der Waals surface area contributed by atoms with Crippen LogP contribution in [0.1, 0.15) is 26.3 Å². The van der Waals surface area contributed by atoms with Crippen molar-refractivity contribution in [2.24, 2.45) is 0 Å². The van der Waals surface area contributed by atoms with Crippen molar-refractivity contribution >= 4 is 28.7 Å². The summed E-state index contributed by atoms with van der Waals surface area (Å²) >= 11 is 0. The number of hydrogen-bond acceptors (Lipinski definition) is 2. The van der Waals surface area contributed by atoms with Gasteiger partial charge in [-0.3, -0.25) is 9.59 Å². The fraction of sp³-hybridized carbons (Fsp3) is 0. The van der Waals surface area contributed by atoms with Crippen LogP contribution in [0.5, 0.6) is 0 Å². The molecule has 0 spiro atoms. The quantitative estimate of drug-likeness (QED) is 0.668. The molecule has 3 heteroatoms. The first-order valence-electron chi connectivity index (χ1n) is 7.38. The molecule has 0 saturated heterocycles. The van der Waals surface area contributed by atoms with Gasteiger partial charge in [-0.25, -0.2) is 4.90 Å². The highest BCUT2D eigenvalue weighted by Gasteiger charge is 2.31. The van der Waals surface area contributed by atoms with Crippen molar-refractivity contribution in [3.05, 3.63) is 89.6 Å². The molecule has 0 radical (unpaired) electrons. The summed E-state index contributed by atoms with van der Waals surface area (Å²) in [6, 6.07) is 20.6. The molecule has 0 atom stereocenters. The van der Waals surface area contributed by atoms with E-state index in [-0.39, 0.29) is 11.8 Å². The van der Waals surface area contributed by atoms with Crippen LogP contribution in [0, 0.1) is 0 Å². The molecule has 0 N–H and O–H groups in total. The standard InChI is InChI=1S/C20H13NO2/c22-19-16-10-4-8-15-9-5-11-17(18(15)16)20(23)21(19)13-12-14-6-2-1-3-7-14/h1-13H. The minimum absolute atomic E-state index is 0.286. The van der Waals surface area contributed by atoms with Crippen LogP contribution in [0.25, 0.3) is 16.8 Å². The van der Waals surface area contributed by atoms with Gasteiger partial charge in [-0.2, -0.15) is 0 Å². The summed E-state index contributed by atoms with van der Waals surface area (Å²) in [5.74, 6) is -0.571. The summed E-state index contributed by atoms with van der Waals surface area (Å²) in [6.45, 7) is 0. The van der Waals surface area contributed by atoms with Gasteiger partial charge in [0.1, 0.15) is 0 Å². The molecule has 0 aliphatic carbocycles. The predicted octanol–water partition coefficient (Wildman–Crippen LogP) is 4.11. The molecule has 110 valence electrons. The maximum Gasteiger partial charge on any atom is 0.265 e. The van der Waals surface area contributed by atoms with Crippen molar-refractivity contribution in [1.82, 2.24) is 4.90 Å². The number of amides is 2. The summed E-state index contributed by atoms with van der Waals surface area (Å²) in [5.41, 5.74) is 2.07. The van der Waals surface area contributed by atoms with Crippen LogP contribution in [-0.2, 0) is 0 Å². The van der Waals surface area contributed by atoms with E-state index >= 15 is 0 Å². The van der Waals surface area contributed by atoms with E-state index in [1.807, 2.05) is 54.6 Å². The molecule has 0 bridgehead atoms. The third kappa shape index (κ3) is 2.14. The van der Waals surface area contributed by atoms with Gasteiger partial charge in [-0.05, 0) is 29.2 Å². The lowest BCUT2D eigenvalue weighted by molar-refractivity contribution is 0.0681. The van der Waals surface area contributed by atoms with Gasteiger partial charge in [-0.1, -0.05) is 54.6 Å². The third-order valence-electron chi connectivity index (χ3n) is 4.02. The number of rotatable bonds is 2. The van der Waals surface area contributed by atoms with Crippen molar-refractivity contribution in [3.8, 4) is 0 Å². The van der Waals surface area contributed by atoms with Crippen LogP contribution in [-0.4, -0.2) is 16.7 Å². The number of benzene rings is 3. The Hall–Kier alpha value is -3.20. The Bertz CT molecular complexity index is 907. The van der Waals surface area contributed by atoms with Crippen molar-refractivity contribution in [3.63, 3.8) is 0 Å². The van der Waals surface area contributed by atoms with Crippen molar-refractivity contribution in [2.45, 2.75) is 0 Å². The van der Waals surface area contributed by atoms with E-state index in [2.05, 4.69) is 0 Å². The number of carbonyl (C=O) groups is 2. The topological polar surface area (TPSA) is 37.4 Å². The van der Waals surface area contributed by atoms with E-state index in [0.717, 1.165) is 16.3 Å². The molecular formula is C20H13NO2. The number of hydrogen-bond donors (Lipinski definition) is 0. The SMILES string of the molecule is O=C1c2cccc3cccc(c23)C(=O)N1C=Cc1ccccc1. The summed E-state index contributed by atoms with van der Waals surface area (Å²) in [4.78, 5) is 26.6. The summed E-state index contributed by atoms with van der Waals surface area (Å²) < 4.78 is 0. The van der Waals surface area contributed by atoms with Crippen LogP contribution >= 0.6 is 0 Å². The number of imide groups is 1. The van der Waals surface area contributed by atoms with Gasteiger partial charge in [0, 0.05) is 22.7 Å². The second-order valence-corrected chi connectivity index (χ2v) is 5.42. The Labute approximate surface area is 133 Å². The molecule has 3 nitrogen and oxygen atoms in total. The molecule has 1 aliphatic heterocycles. The molecule has 1 aliphatic rings. The maximum absolute atomic E-state index is 12.7. The maximum atomic E-state index is 12.7. The van der Waals surface area contributed by atoms with E-state index in [1.165, 1.54) is 4.90 Å². The Morgan fingerprint density at radius 2 is 1.30 bits per heavy atom. The van der Waals surface area contributed by atoms with Crippen molar-refractivity contribution in [1.29, 1.82) is 0 Å². The first kappa shape index (κ1) is 13.5. The fourth-order valence-electron chi connectivity index (χ4n) is 2.91. The van der Waals surface area contributed by atoms with Crippen LogP contribution in [0.3, 0.4) is 0 Å². The van der Waals surface area contributed by atoms with E-state index in [4.69, 9.17) is 0 Å². The summed E-state index contributed by atoms with van der Waals surface area (Å²) in [5, 5.41) is 1.66. The van der Waals surface area contributed by atoms with Gasteiger partial charge >= 0.3 is 0 Å². The second-order valence-electron chi connectivity index (χ2n) is 5.42. The van der Waals surface area contributed by atoms with Crippen molar-refractivity contribution in [2.75, 3.05) is 0 Å². The molecule has 0 fully saturated rings. The lowest BCUT2D eigenvalue weighted by Crippen LogP contribution is -2.36. The number of nitrogens with zero attached hydrogens (tertiary/aromatic N) is 1. The van der Waals surface area contributed by atoms with Gasteiger partial charge in [0.25, 0.3) is 11.8 Å². The highest BCUT2D eigenvalue weighted by Crippen LogP contribution is 2.30. The average molecular weight is 299 g/mol. The minimum Gasteiger partial charge on any atom is -0.268 e. The van der Waals surface area contributed by atoms with E-state index in [1.54, 1.807) is 24.4 Å². The fourth-order valence-corrected chi connectivity index (χ4v) is 2.91. The third-order valence-corrected chi connectivity index (χ3v) is 4.02. The lowest BCUT2D eigenvalue weighted by atomic mass is 9.94. The molecule has 4 rings (SSSR count). The molecular weight excluding hydrogens is 286 g/mol. The van der Waals surface area contributed by atoms with Crippen LogP contribution in [0.4, 0.5) is 0 Å². The second kappa shape index (κ2) is 5.21. The van der Waals surface area contributed by atoms with Crippen molar-refractivity contribution < 1.29 is 9.59 Å². The predicted molar refractivity (Wildman–Crippen MR) is 89.9 cm³/mol. The Morgan fingerprint density at radius 1 is 0.696 bits per heavy atom. The zero-order valence-electron chi connectivity index (χ0n) is 12.3. The zero-order chi connectivity index (χ0) is 15.8. The van der Waals surface area contributed by atoms with Crippen LogP contribution in [0.2, 0.25) is 0 Å². The molecule has 0 aromatic heterocycles. The Balaban J connectivity index is 1.82. The molecule has 3 aromatic carbocycles. The zero-order valence-corrected chi connectivity index (χ0v) is 12.3. The molecule has 0 unspecified atom stereocenters. The highest BCUT2D eigenvalue weighted by molar-refractivity contribution is 6.26. The minimum atomic E-state index is -0.286. The lowest BCUT2D eigenvalue weighted by Gasteiger charge is -2.24. The van der Waals surface area contributed by atoms with Gasteiger partial charge in [0.05, 0.1) is 0 Å². The van der Waals surface area contributed by atoms with E-state index in [9.17, 15) is 9.59 Å².